The lowest BCUT2D eigenvalue weighted by molar-refractivity contribution is -0.139. The van der Waals surface area contributed by atoms with Gasteiger partial charge in [-0.15, -0.1) is 0 Å². The molecule has 1 aliphatic heterocycles. The number of nitrogens with one attached hydrogen (secondary N) is 2. The van der Waals surface area contributed by atoms with E-state index in [-0.39, 0.29) is 30.0 Å². The monoisotopic (exact) mass is 638 g/mol. The van der Waals surface area contributed by atoms with Gasteiger partial charge in [-0.3, -0.25) is 4.90 Å². The lowest BCUT2D eigenvalue weighted by atomic mass is 9.98. The van der Waals surface area contributed by atoms with Gasteiger partial charge in [0.15, 0.2) is 8.32 Å². The summed E-state index contributed by atoms with van der Waals surface area (Å²) >= 11 is 0. The van der Waals surface area contributed by atoms with Crippen LogP contribution in [0.15, 0.2) is 48.5 Å². The van der Waals surface area contributed by atoms with Crippen LogP contribution in [0.1, 0.15) is 57.1 Å². The molecule has 3 N–H and O–H groups in total. The van der Waals surface area contributed by atoms with Crippen LogP contribution in [0.2, 0.25) is 18.1 Å². The fourth-order valence-electron chi connectivity index (χ4n) is 5.64. The van der Waals surface area contributed by atoms with Crippen LogP contribution in [0.3, 0.4) is 0 Å². The molecule has 1 aliphatic carbocycles. The molecule has 1 unspecified atom stereocenters. The van der Waals surface area contributed by atoms with Gasteiger partial charge in [0.25, 0.3) is 0 Å². The van der Waals surface area contributed by atoms with Gasteiger partial charge in [0.2, 0.25) is 0 Å². The van der Waals surface area contributed by atoms with Crippen molar-refractivity contribution in [1.82, 2.24) is 20.4 Å². The van der Waals surface area contributed by atoms with Crippen LogP contribution >= 0.6 is 0 Å². The van der Waals surface area contributed by atoms with E-state index in [9.17, 15) is 19.5 Å². The molecule has 0 radical (unpaired) electrons. The topological polar surface area (TPSA) is 120 Å². The molecule has 1 saturated heterocycles. The number of amides is 3. The maximum absolute atomic E-state index is 12.7. The standard InChI is InChI=1S/C34H50N4O6Si/c1-34(2,3)45(4,5)44-23-22-37-18-20-38(21-19-37)32(41)35-17-11-10-16-30(31(39)40)36-33(42)43-24-29-27-14-8-6-12-25(27)26-13-7-9-15-28(26)29/h6-9,12-15,29-30H,10-11,16-24H2,1-5H3,(H,35,41)(H,36,42)(H,39,40). The van der Waals surface area contributed by atoms with E-state index < -0.39 is 26.4 Å². The smallest absolute Gasteiger partial charge is 0.407 e. The highest BCUT2D eigenvalue weighted by Gasteiger charge is 2.37. The van der Waals surface area contributed by atoms with Gasteiger partial charge < -0.3 is 29.8 Å². The molecule has 1 fully saturated rings. The second kappa shape index (κ2) is 15.2. The van der Waals surface area contributed by atoms with E-state index in [0.717, 1.165) is 48.5 Å². The molecule has 1 heterocycles. The Morgan fingerprint density at radius 3 is 2.13 bits per heavy atom. The summed E-state index contributed by atoms with van der Waals surface area (Å²) in [7, 11) is -1.76. The van der Waals surface area contributed by atoms with Gasteiger partial charge in [-0.05, 0) is 59.6 Å². The van der Waals surface area contributed by atoms with Crippen molar-refractivity contribution in [3.8, 4) is 11.1 Å². The largest absolute Gasteiger partial charge is 0.480 e. The molecule has 0 aromatic heterocycles. The average Bonchev–Trinajstić information content (AvgIpc) is 3.32. The van der Waals surface area contributed by atoms with E-state index >= 15 is 0 Å². The fraction of sp³-hybridized carbons (Fsp3) is 0.559. The highest BCUT2D eigenvalue weighted by Crippen LogP contribution is 2.44. The molecule has 11 heteroatoms. The SMILES string of the molecule is CC(C)(C)[Si](C)(C)OCCN1CCN(C(=O)NCCCCC(NC(=O)OCC2c3ccccc3-c3ccccc32)C(=O)O)CC1. The Hall–Kier alpha value is -3.41. The summed E-state index contributed by atoms with van der Waals surface area (Å²) in [4.78, 5) is 41.2. The number of carbonyl (C=O) groups is 3. The van der Waals surface area contributed by atoms with Gasteiger partial charge in [-0.2, -0.15) is 0 Å². The third-order valence-corrected chi connectivity index (χ3v) is 14.0. The van der Waals surface area contributed by atoms with Crippen LogP contribution in [-0.4, -0.2) is 99.8 Å². The minimum atomic E-state index is -1.76. The maximum atomic E-state index is 12.7. The zero-order chi connectivity index (χ0) is 32.6. The number of ether oxygens (including phenoxy) is 1. The number of rotatable bonds is 13. The van der Waals surface area contributed by atoms with Crippen molar-refractivity contribution in [3.05, 3.63) is 59.7 Å². The summed E-state index contributed by atoms with van der Waals surface area (Å²) in [6.45, 7) is 16.4. The Morgan fingerprint density at radius 1 is 0.956 bits per heavy atom. The summed E-state index contributed by atoms with van der Waals surface area (Å²) in [5.74, 6) is -1.21. The number of benzene rings is 2. The van der Waals surface area contributed by atoms with Crippen molar-refractivity contribution >= 4 is 26.4 Å². The minimum Gasteiger partial charge on any atom is -0.480 e. The molecule has 3 amide bonds. The van der Waals surface area contributed by atoms with Crippen molar-refractivity contribution in [3.63, 3.8) is 0 Å². The summed E-state index contributed by atoms with van der Waals surface area (Å²) in [6.07, 6.45) is 0.629. The highest BCUT2D eigenvalue weighted by molar-refractivity contribution is 6.74. The molecule has 45 heavy (non-hydrogen) atoms. The Kier molecular flexibility index (Phi) is 11.7. The van der Waals surface area contributed by atoms with Crippen LogP contribution in [0.4, 0.5) is 9.59 Å². The van der Waals surface area contributed by atoms with E-state index in [1.165, 1.54) is 0 Å². The summed E-state index contributed by atoms with van der Waals surface area (Å²) in [5, 5.41) is 15.3. The van der Waals surface area contributed by atoms with Gasteiger partial charge in [-0.1, -0.05) is 69.3 Å². The molecule has 0 bridgehead atoms. The Labute approximate surface area is 268 Å². The number of alkyl carbamates (subject to hydrolysis) is 1. The minimum absolute atomic E-state index is 0.0978. The lowest BCUT2D eigenvalue weighted by Gasteiger charge is -2.38. The number of carbonyl (C=O) groups excluding carboxylic acids is 2. The third kappa shape index (κ3) is 9.08. The Balaban J connectivity index is 1.11. The molecule has 246 valence electrons. The normalized spacial score (nSPS) is 16.1. The predicted octanol–water partition coefficient (Wildman–Crippen LogP) is 5.50. The maximum Gasteiger partial charge on any atom is 0.407 e. The molecule has 2 aliphatic rings. The van der Waals surface area contributed by atoms with Gasteiger partial charge >= 0.3 is 18.1 Å². The molecular formula is C34H50N4O6Si. The molecule has 0 saturated carbocycles. The average molecular weight is 639 g/mol. The first-order valence-electron chi connectivity index (χ1n) is 16.1. The first-order chi connectivity index (χ1) is 21.4. The summed E-state index contributed by atoms with van der Waals surface area (Å²) < 4.78 is 11.8. The number of nitrogens with zero attached hydrogens (tertiary/aromatic N) is 2. The van der Waals surface area contributed by atoms with Crippen molar-refractivity contribution in [2.45, 2.75) is 70.1 Å². The van der Waals surface area contributed by atoms with E-state index in [2.05, 4.69) is 61.5 Å². The number of aliphatic carboxylic acids is 1. The van der Waals surface area contributed by atoms with E-state index in [0.29, 0.717) is 32.5 Å². The highest BCUT2D eigenvalue weighted by atomic mass is 28.4. The molecule has 4 rings (SSSR count). The quantitative estimate of drug-likeness (QED) is 0.196. The molecule has 2 aromatic carbocycles. The van der Waals surface area contributed by atoms with Gasteiger partial charge in [0.05, 0.1) is 0 Å². The number of hydrogen-bond acceptors (Lipinski definition) is 6. The predicted molar refractivity (Wildman–Crippen MR) is 178 cm³/mol. The molecule has 10 nitrogen and oxygen atoms in total. The molecule has 2 aromatic rings. The third-order valence-electron chi connectivity index (χ3n) is 9.47. The van der Waals surface area contributed by atoms with Crippen molar-refractivity contribution in [1.29, 1.82) is 0 Å². The first kappa shape index (κ1) is 34.5. The number of carboxylic acids is 1. The molecule has 0 spiro atoms. The van der Waals surface area contributed by atoms with Gasteiger partial charge in [0.1, 0.15) is 12.6 Å². The van der Waals surface area contributed by atoms with Crippen molar-refractivity contribution in [2.24, 2.45) is 0 Å². The van der Waals surface area contributed by atoms with Crippen LogP contribution < -0.4 is 10.6 Å². The molecular weight excluding hydrogens is 588 g/mol. The first-order valence-corrected chi connectivity index (χ1v) is 19.0. The van der Waals surface area contributed by atoms with Crippen molar-refractivity contribution < 1.29 is 28.7 Å². The fourth-order valence-corrected chi connectivity index (χ4v) is 6.68. The zero-order valence-corrected chi connectivity index (χ0v) is 28.4. The van der Waals surface area contributed by atoms with Crippen molar-refractivity contribution in [2.75, 3.05) is 52.5 Å². The number of piperazine rings is 1. The van der Waals surface area contributed by atoms with E-state index in [1.807, 2.05) is 41.3 Å². The van der Waals surface area contributed by atoms with E-state index in [4.69, 9.17) is 9.16 Å². The zero-order valence-electron chi connectivity index (χ0n) is 27.4. The van der Waals surface area contributed by atoms with Crippen LogP contribution in [-0.2, 0) is 14.0 Å². The lowest BCUT2D eigenvalue weighted by Crippen LogP contribution is -2.52. The van der Waals surface area contributed by atoms with Gasteiger partial charge in [-0.25, -0.2) is 14.4 Å². The van der Waals surface area contributed by atoms with Crippen LogP contribution in [0.25, 0.3) is 11.1 Å². The number of urea groups is 1. The van der Waals surface area contributed by atoms with Crippen LogP contribution in [0.5, 0.6) is 0 Å². The second-order valence-electron chi connectivity index (χ2n) is 13.5. The Bertz CT molecular complexity index is 1280. The second-order valence-corrected chi connectivity index (χ2v) is 18.3. The Morgan fingerprint density at radius 2 is 1.56 bits per heavy atom. The summed E-state index contributed by atoms with van der Waals surface area (Å²) in [5.41, 5.74) is 4.44. The molecule has 1 atom stereocenters. The number of hydrogen-bond donors (Lipinski definition) is 3. The van der Waals surface area contributed by atoms with Crippen LogP contribution in [0, 0.1) is 0 Å². The number of carboxylic acid groups (broad SMARTS) is 1. The van der Waals surface area contributed by atoms with Gasteiger partial charge in [0, 0.05) is 51.8 Å². The van der Waals surface area contributed by atoms with E-state index in [1.54, 1.807) is 0 Å². The summed E-state index contributed by atoms with van der Waals surface area (Å²) in [6, 6.07) is 14.9. The number of unbranched alkanes of at least 4 members (excludes halogenated alkanes) is 1. The number of fused-ring (bicyclic) bond motifs is 3.